The SMILES string of the molecule is CCC[C@@H]1NC(=O)N(CC(=O)O)C1=O. The van der Waals surface area contributed by atoms with Crippen LogP contribution in [-0.2, 0) is 9.59 Å². The van der Waals surface area contributed by atoms with Gasteiger partial charge in [0.2, 0.25) is 0 Å². The summed E-state index contributed by atoms with van der Waals surface area (Å²) in [6.45, 7) is 1.32. The number of imide groups is 1. The second-order valence-corrected chi connectivity index (χ2v) is 3.11. The summed E-state index contributed by atoms with van der Waals surface area (Å²) in [5, 5.41) is 10.9. The molecule has 0 aromatic heterocycles. The van der Waals surface area contributed by atoms with E-state index in [2.05, 4.69) is 5.32 Å². The van der Waals surface area contributed by atoms with E-state index in [0.717, 1.165) is 11.3 Å². The van der Waals surface area contributed by atoms with E-state index in [4.69, 9.17) is 5.11 Å². The van der Waals surface area contributed by atoms with E-state index in [9.17, 15) is 14.4 Å². The summed E-state index contributed by atoms with van der Waals surface area (Å²) >= 11 is 0. The predicted molar refractivity (Wildman–Crippen MR) is 46.6 cm³/mol. The lowest BCUT2D eigenvalue weighted by molar-refractivity contribution is -0.141. The lowest BCUT2D eigenvalue weighted by Gasteiger charge is -2.08. The molecule has 0 aromatic carbocycles. The minimum absolute atomic E-state index is 0.445. The van der Waals surface area contributed by atoms with Gasteiger partial charge in [0, 0.05) is 0 Å². The molecule has 0 radical (unpaired) electrons. The lowest BCUT2D eigenvalue weighted by atomic mass is 10.2. The van der Waals surface area contributed by atoms with Crippen molar-refractivity contribution in [1.29, 1.82) is 0 Å². The van der Waals surface area contributed by atoms with Crippen molar-refractivity contribution in [2.45, 2.75) is 25.8 Å². The van der Waals surface area contributed by atoms with Crippen molar-refractivity contribution in [2.75, 3.05) is 6.54 Å². The van der Waals surface area contributed by atoms with Crippen molar-refractivity contribution >= 4 is 17.9 Å². The summed E-state index contributed by atoms with van der Waals surface area (Å²) in [6.07, 6.45) is 1.30. The van der Waals surface area contributed by atoms with E-state index < -0.39 is 30.5 Å². The van der Waals surface area contributed by atoms with Crippen LogP contribution >= 0.6 is 0 Å². The van der Waals surface area contributed by atoms with Gasteiger partial charge in [0.25, 0.3) is 5.91 Å². The first-order chi connectivity index (χ1) is 6.56. The Kier molecular flexibility index (Phi) is 3.06. The number of aliphatic carboxylic acids is 1. The van der Waals surface area contributed by atoms with Crippen LogP contribution in [0.3, 0.4) is 0 Å². The Morgan fingerprint density at radius 1 is 1.57 bits per heavy atom. The Balaban J connectivity index is 2.65. The molecule has 0 aromatic rings. The number of nitrogens with zero attached hydrogens (tertiary/aromatic N) is 1. The second kappa shape index (κ2) is 4.08. The van der Waals surface area contributed by atoms with Crippen LogP contribution in [0.1, 0.15) is 19.8 Å². The van der Waals surface area contributed by atoms with E-state index in [1.807, 2.05) is 6.92 Å². The Morgan fingerprint density at radius 3 is 2.71 bits per heavy atom. The summed E-state index contributed by atoms with van der Waals surface area (Å²) in [4.78, 5) is 33.6. The molecule has 1 aliphatic rings. The Morgan fingerprint density at radius 2 is 2.21 bits per heavy atom. The number of hydrogen-bond acceptors (Lipinski definition) is 3. The molecule has 1 rings (SSSR count). The molecular formula is C8H12N2O4. The van der Waals surface area contributed by atoms with E-state index in [1.165, 1.54) is 0 Å². The fourth-order valence-electron chi connectivity index (χ4n) is 1.35. The molecule has 2 N–H and O–H groups in total. The molecule has 1 saturated heterocycles. The number of rotatable bonds is 4. The molecule has 0 aliphatic carbocycles. The zero-order valence-corrected chi connectivity index (χ0v) is 7.82. The van der Waals surface area contributed by atoms with Gasteiger partial charge >= 0.3 is 12.0 Å². The molecule has 78 valence electrons. The molecule has 0 unspecified atom stereocenters. The largest absolute Gasteiger partial charge is 0.480 e. The molecular weight excluding hydrogens is 188 g/mol. The fourth-order valence-corrected chi connectivity index (χ4v) is 1.35. The van der Waals surface area contributed by atoms with Gasteiger partial charge in [0.15, 0.2) is 0 Å². The first-order valence-corrected chi connectivity index (χ1v) is 4.40. The van der Waals surface area contributed by atoms with Crippen molar-refractivity contribution in [3.05, 3.63) is 0 Å². The van der Waals surface area contributed by atoms with E-state index in [0.29, 0.717) is 6.42 Å². The van der Waals surface area contributed by atoms with Crippen LogP contribution in [0.2, 0.25) is 0 Å². The van der Waals surface area contributed by atoms with Crippen molar-refractivity contribution < 1.29 is 19.5 Å². The summed E-state index contributed by atoms with van der Waals surface area (Å²) in [7, 11) is 0. The van der Waals surface area contributed by atoms with E-state index in [-0.39, 0.29) is 0 Å². The Bertz CT molecular complexity index is 277. The number of amides is 3. The maximum atomic E-state index is 11.4. The van der Waals surface area contributed by atoms with Gasteiger partial charge in [-0.05, 0) is 6.42 Å². The summed E-state index contributed by atoms with van der Waals surface area (Å²) in [5.74, 6) is -1.63. The third-order valence-corrected chi connectivity index (χ3v) is 1.98. The van der Waals surface area contributed by atoms with Crippen molar-refractivity contribution in [3.63, 3.8) is 0 Å². The highest BCUT2D eigenvalue weighted by Gasteiger charge is 2.38. The quantitative estimate of drug-likeness (QED) is 0.615. The van der Waals surface area contributed by atoms with Gasteiger partial charge in [0.1, 0.15) is 12.6 Å². The smallest absolute Gasteiger partial charge is 0.325 e. The highest BCUT2D eigenvalue weighted by molar-refractivity contribution is 6.05. The highest BCUT2D eigenvalue weighted by atomic mass is 16.4. The minimum Gasteiger partial charge on any atom is -0.480 e. The Labute approximate surface area is 80.9 Å². The molecule has 3 amide bonds. The number of carboxylic acid groups (broad SMARTS) is 1. The fraction of sp³-hybridized carbons (Fsp3) is 0.625. The third kappa shape index (κ3) is 2.01. The molecule has 0 spiro atoms. The van der Waals surface area contributed by atoms with Gasteiger partial charge in [-0.2, -0.15) is 0 Å². The number of carbonyl (C=O) groups excluding carboxylic acids is 2. The van der Waals surface area contributed by atoms with Crippen molar-refractivity contribution in [1.82, 2.24) is 10.2 Å². The highest BCUT2D eigenvalue weighted by Crippen LogP contribution is 2.10. The maximum absolute atomic E-state index is 11.4. The summed E-state index contributed by atoms with van der Waals surface area (Å²) in [6, 6.07) is -1.16. The average molecular weight is 200 g/mol. The van der Waals surface area contributed by atoms with Crippen LogP contribution < -0.4 is 5.32 Å². The van der Waals surface area contributed by atoms with Crippen LogP contribution in [0.4, 0.5) is 4.79 Å². The second-order valence-electron chi connectivity index (χ2n) is 3.11. The molecule has 1 heterocycles. The van der Waals surface area contributed by atoms with Crippen molar-refractivity contribution in [3.8, 4) is 0 Å². The molecule has 1 fully saturated rings. The van der Waals surface area contributed by atoms with Crippen molar-refractivity contribution in [2.24, 2.45) is 0 Å². The van der Waals surface area contributed by atoms with Gasteiger partial charge in [-0.1, -0.05) is 13.3 Å². The zero-order chi connectivity index (χ0) is 10.7. The molecule has 6 nitrogen and oxygen atoms in total. The van der Waals surface area contributed by atoms with Gasteiger partial charge < -0.3 is 10.4 Å². The maximum Gasteiger partial charge on any atom is 0.325 e. The van der Waals surface area contributed by atoms with Gasteiger partial charge in [0.05, 0.1) is 0 Å². The third-order valence-electron chi connectivity index (χ3n) is 1.98. The number of hydrogen-bond donors (Lipinski definition) is 2. The van der Waals surface area contributed by atoms with Gasteiger partial charge in [-0.3, -0.25) is 14.5 Å². The predicted octanol–water partition coefficient (Wildman–Crippen LogP) is -0.209. The average Bonchev–Trinajstić information content (AvgIpc) is 2.33. The van der Waals surface area contributed by atoms with Gasteiger partial charge in [-0.25, -0.2) is 4.79 Å². The normalized spacial score (nSPS) is 21.2. The first kappa shape index (κ1) is 10.5. The monoisotopic (exact) mass is 200 g/mol. The van der Waals surface area contributed by atoms with E-state index >= 15 is 0 Å². The van der Waals surface area contributed by atoms with E-state index in [1.54, 1.807) is 0 Å². The number of carbonyl (C=O) groups is 3. The van der Waals surface area contributed by atoms with Crippen LogP contribution in [0, 0.1) is 0 Å². The minimum atomic E-state index is -1.19. The van der Waals surface area contributed by atoms with Crippen LogP contribution in [0.25, 0.3) is 0 Å². The molecule has 1 aliphatic heterocycles. The number of carboxylic acids is 1. The van der Waals surface area contributed by atoms with Crippen LogP contribution in [0.5, 0.6) is 0 Å². The van der Waals surface area contributed by atoms with Gasteiger partial charge in [-0.15, -0.1) is 0 Å². The standard InChI is InChI=1S/C8H12N2O4/c1-2-3-5-7(13)10(4-6(11)12)8(14)9-5/h5H,2-4H2,1H3,(H,9,14)(H,11,12)/t5-/m0/s1. The first-order valence-electron chi connectivity index (χ1n) is 4.40. The topological polar surface area (TPSA) is 86.7 Å². The number of urea groups is 1. The molecule has 0 bridgehead atoms. The summed E-state index contributed by atoms with van der Waals surface area (Å²) < 4.78 is 0. The lowest BCUT2D eigenvalue weighted by Crippen LogP contribution is -2.36. The Hall–Kier alpha value is -1.59. The summed E-state index contributed by atoms with van der Waals surface area (Å²) in [5.41, 5.74) is 0. The molecule has 14 heavy (non-hydrogen) atoms. The molecule has 0 saturated carbocycles. The molecule has 6 heteroatoms. The number of nitrogens with one attached hydrogen (secondary N) is 1. The zero-order valence-electron chi connectivity index (χ0n) is 7.82. The molecule has 1 atom stereocenters. The van der Waals surface area contributed by atoms with Crippen LogP contribution in [0.15, 0.2) is 0 Å². The van der Waals surface area contributed by atoms with Crippen LogP contribution in [-0.4, -0.2) is 40.5 Å².